The van der Waals surface area contributed by atoms with Crippen molar-refractivity contribution >= 4 is 11.8 Å². The van der Waals surface area contributed by atoms with Crippen molar-refractivity contribution in [3.8, 4) is 11.5 Å². The lowest BCUT2D eigenvalue weighted by molar-refractivity contribution is 0.0929. The maximum absolute atomic E-state index is 13.0. The van der Waals surface area contributed by atoms with Gasteiger partial charge in [0.05, 0.1) is 25.4 Å². The summed E-state index contributed by atoms with van der Waals surface area (Å²) in [6.07, 6.45) is 0. The topological polar surface area (TPSA) is 112 Å². The normalized spacial score (nSPS) is 24.8. The molecule has 8 heteroatoms. The maximum Gasteiger partial charge on any atom is 0.254 e. The molecule has 5 rings (SSSR count). The van der Waals surface area contributed by atoms with Gasteiger partial charge < -0.3 is 30.6 Å². The third kappa shape index (κ3) is 3.69. The molecule has 0 spiro atoms. The molecular weight excluding hydrogens is 410 g/mol. The Bertz CT molecular complexity index is 1030. The highest BCUT2D eigenvalue weighted by Crippen LogP contribution is 2.45. The van der Waals surface area contributed by atoms with Crippen LogP contribution in [0.2, 0.25) is 0 Å². The molecule has 4 atom stereocenters. The summed E-state index contributed by atoms with van der Waals surface area (Å²) in [5.41, 5.74) is 8.20. The van der Waals surface area contributed by atoms with Gasteiger partial charge in [0.15, 0.2) is 0 Å². The monoisotopic (exact) mass is 437 g/mol. The number of rotatable bonds is 7. The van der Waals surface area contributed by atoms with Crippen LogP contribution in [0.15, 0.2) is 36.4 Å². The molecule has 2 aliphatic heterocycles. The number of fused-ring (bicyclic) bond motifs is 2. The second-order valence-corrected chi connectivity index (χ2v) is 8.46. The summed E-state index contributed by atoms with van der Waals surface area (Å²) in [6, 6.07) is 11.4. The van der Waals surface area contributed by atoms with Gasteiger partial charge in [-0.05, 0) is 29.8 Å². The van der Waals surface area contributed by atoms with Gasteiger partial charge in [-0.2, -0.15) is 0 Å². The molecule has 1 aliphatic carbocycles. The Balaban J connectivity index is 1.43. The van der Waals surface area contributed by atoms with E-state index in [-0.39, 0.29) is 23.8 Å². The van der Waals surface area contributed by atoms with Gasteiger partial charge in [-0.3, -0.25) is 9.59 Å². The molecule has 168 valence electrons. The molecule has 32 heavy (non-hydrogen) atoms. The van der Waals surface area contributed by atoms with E-state index in [0.717, 1.165) is 16.9 Å². The second-order valence-electron chi connectivity index (χ2n) is 8.46. The molecule has 1 saturated heterocycles. The van der Waals surface area contributed by atoms with Gasteiger partial charge in [0.25, 0.3) is 11.8 Å². The standard InChI is InChI=1S/C24H27N3O5/c1-26-24(29)17-9-14(23(28)27-21-19-10-30-11-20(19)21)8-16-18(12-32-22(16)17)13-2-4-15(5-3-13)31-7-6-25/h2-5,8-9,18-21H,6-7,10-12,25H2,1H3,(H,26,29)(H,27,28)/t18-,19-,20+,21?/m1/s1. The first-order valence-corrected chi connectivity index (χ1v) is 10.9. The van der Waals surface area contributed by atoms with E-state index in [1.165, 1.54) is 0 Å². The lowest BCUT2D eigenvalue weighted by Gasteiger charge is -2.14. The summed E-state index contributed by atoms with van der Waals surface area (Å²) in [5.74, 6) is 1.55. The van der Waals surface area contributed by atoms with Crippen molar-refractivity contribution in [2.45, 2.75) is 12.0 Å². The molecule has 2 aromatic rings. The van der Waals surface area contributed by atoms with Gasteiger partial charge in [0, 0.05) is 48.5 Å². The largest absolute Gasteiger partial charge is 0.492 e. The number of hydrogen-bond donors (Lipinski definition) is 3. The highest BCUT2D eigenvalue weighted by atomic mass is 16.5. The van der Waals surface area contributed by atoms with E-state index in [2.05, 4.69) is 10.6 Å². The van der Waals surface area contributed by atoms with Crippen molar-refractivity contribution in [1.82, 2.24) is 10.6 Å². The number of nitrogens with two attached hydrogens (primary N) is 1. The van der Waals surface area contributed by atoms with Crippen LogP contribution >= 0.6 is 0 Å². The minimum absolute atomic E-state index is 0.0848. The Hall–Kier alpha value is -3.10. The zero-order valence-electron chi connectivity index (χ0n) is 17.9. The van der Waals surface area contributed by atoms with Crippen LogP contribution in [0.3, 0.4) is 0 Å². The zero-order chi connectivity index (χ0) is 22.2. The van der Waals surface area contributed by atoms with Crippen LogP contribution in [-0.2, 0) is 4.74 Å². The fourth-order valence-corrected chi connectivity index (χ4v) is 4.70. The first kappa shape index (κ1) is 20.8. The zero-order valence-corrected chi connectivity index (χ0v) is 17.9. The van der Waals surface area contributed by atoms with E-state index < -0.39 is 0 Å². The molecule has 4 N–H and O–H groups in total. The van der Waals surface area contributed by atoms with Crippen LogP contribution in [0.4, 0.5) is 0 Å². The Morgan fingerprint density at radius 2 is 1.84 bits per heavy atom. The molecule has 3 aliphatic rings. The second kappa shape index (κ2) is 8.44. The molecule has 2 amide bonds. The maximum atomic E-state index is 13.0. The van der Waals surface area contributed by atoms with Gasteiger partial charge in [0.1, 0.15) is 18.1 Å². The van der Waals surface area contributed by atoms with Crippen LogP contribution in [0.1, 0.15) is 37.8 Å². The third-order valence-corrected chi connectivity index (χ3v) is 6.54. The minimum Gasteiger partial charge on any atom is -0.492 e. The van der Waals surface area contributed by atoms with Crippen molar-refractivity contribution in [2.75, 3.05) is 40.0 Å². The van der Waals surface area contributed by atoms with Gasteiger partial charge in [0.2, 0.25) is 0 Å². The van der Waals surface area contributed by atoms with Gasteiger partial charge in [-0.25, -0.2) is 0 Å². The highest BCUT2D eigenvalue weighted by molar-refractivity contribution is 6.02. The van der Waals surface area contributed by atoms with Crippen molar-refractivity contribution in [3.05, 3.63) is 58.7 Å². The molecule has 1 unspecified atom stereocenters. The Kier molecular flexibility index (Phi) is 5.48. The van der Waals surface area contributed by atoms with Crippen LogP contribution in [-0.4, -0.2) is 57.9 Å². The average Bonchev–Trinajstić information content (AvgIpc) is 3.18. The molecular formula is C24H27N3O5. The van der Waals surface area contributed by atoms with Crippen LogP contribution in [0.25, 0.3) is 0 Å². The lowest BCUT2D eigenvalue weighted by atomic mass is 9.90. The first-order chi connectivity index (χ1) is 15.6. The summed E-state index contributed by atoms with van der Waals surface area (Å²) >= 11 is 0. The van der Waals surface area contributed by atoms with E-state index in [4.69, 9.17) is 19.9 Å². The molecule has 2 aromatic carbocycles. The number of benzene rings is 2. The van der Waals surface area contributed by atoms with Crippen molar-refractivity contribution in [1.29, 1.82) is 0 Å². The number of carbonyl (C=O) groups is 2. The number of carbonyl (C=O) groups excluding carboxylic acids is 2. The fraction of sp³-hybridized carbons (Fsp3) is 0.417. The lowest BCUT2D eigenvalue weighted by Crippen LogP contribution is -2.30. The number of amides is 2. The highest BCUT2D eigenvalue weighted by Gasteiger charge is 2.54. The van der Waals surface area contributed by atoms with E-state index >= 15 is 0 Å². The van der Waals surface area contributed by atoms with E-state index in [9.17, 15) is 9.59 Å². The predicted molar refractivity (Wildman–Crippen MR) is 117 cm³/mol. The Morgan fingerprint density at radius 1 is 1.09 bits per heavy atom. The molecule has 8 nitrogen and oxygen atoms in total. The van der Waals surface area contributed by atoms with E-state index in [0.29, 0.717) is 61.7 Å². The van der Waals surface area contributed by atoms with Gasteiger partial charge in [-0.1, -0.05) is 12.1 Å². The molecule has 0 aromatic heterocycles. The summed E-state index contributed by atoms with van der Waals surface area (Å²) in [5, 5.41) is 5.76. The van der Waals surface area contributed by atoms with Crippen molar-refractivity contribution < 1.29 is 23.8 Å². The quantitative estimate of drug-likeness (QED) is 0.602. The summed E-state index contributed by atoms with van der Waals surface area (Å²) in [7, 11) is 1.57. The van der Waals surface area contributed by atoms with E-state index in [1.807, 2.05) is 30.3 Å². The smallest absolute Gasteiger partial charge is 0.254 e. The van der Waals surface area contributed by atoms with Crippen LogP contribution in [0.5, 0.6) is 11.5 Å². The van der Waals surface area contributed by atoms with Crippen molar-refractivity contribution in [2.24, 2.45) is 17.6 Å². The number of hydrogen-bond acceptors (Lipinski definition) is 6. The van der Waals surface area contributed by atoms with Gasteiger partial charge in [-0.15, -0.1) is 0 Å². The minimum atomic E-state index is -0.279. The molecule has 1 saturated carbocycles. The summed E-state index contributed by atoms with van der Waals surface area (Å²) < 4.78 is 16.9. The van der Waals surface area contributed by atoms with E-state index in [1.54, 1.807) is 13.1 Å². The third-order valence-electron chi connectivity index (χ3n) is 6.54. The first-order valence-electron chi connectivity index (χ1n) is 10.9. The average molecular weight is 437 g/mol. The summed E-state index contributed by atoms with van der Waals surface area (Å²) in [6.45, 7) is 2.71. The fourth-order valence-electron chi connectivity index (χ4n) is 4.70. The van der Waals surface area contributed by atoms with Gasteiger partial charge >= 0.3 is 0 Å². The number of ether oxygens (including phenoxy) is 3. The molecule has 0 bridgehead atoms. The van der Waals surface area contributed by atoms with Crippen molar-refractivity contribution in [3.63, 3.8) is 0 Å². The molecule has 2 fully saturated rings. The SMILES string of the molecule is CNC(=O)c1cc(C(=O)NC2[C@H]3COC[C@@H]23)cc2c1OC[C@@H]2c1ccc(OCCN)cc1. The number of nitrogens with one attached hydrogen (secondary N) is 2. The Labute approximate surface area is 186 Å². The predicted octanol–water partition coefficient (Wildman–Crippen LogP) is 1.28. The Morgan fingerprint density at radius 3 is 2.53 bits per heavy atom. The molecule has 2 heterocycles. The van der Waals surface area contributed by atoms with Crippen LogP contribution in [0, 0.1) is 11.8 Å². The summed E-state index contributed by atoms with van der Waals surface area (Å²) in [4.78, 5) is 25.6. The van der Waals surface area contributed by atoms with Crippen LogP contribution < -0.4 is 25.8 Å². The molecule has 0 radical (unpaired) electrons.